The largest absolute Gasteiger partial charge is 0.357 e. The molecule has 2 unspecified atom stereocenters. The molecule has 3 heterocycles. The number of aromatic nitrogens is 2. The molecule has 1 saturated heterocycles. The average molecular weight is 389 g/mol. The van der Waals surface area contributed by atoms with Crippen molar-refractivity contribution in [2.75, 3.05) is 33.2 Å². The summed E-state index contributed by atoms with van der Waals surface area (Å²) in [6, 6.07) is 4.92. The molecular weight excluding hydrogens is 356 g/mol. The van der Waals surface area contributed by atoms with E-state index >= 15 is 0 Å². The third kappa shape index (κ3) is 5.56. The fourth-order valence-electron chi connectivity index (χ4n) is 3.84. The molecular formula is C20H32N6S. The van der Waals surface area contributed by atoms with Crippen molar-refractivity contribution >= 4 is 17.3 Å². The Morgan fingerprint density at radius 3 is 2.96 bits per heavy atom. The van der Waals surface area contributed by atoms with Crippen molar-refractivity contribution in [2.45, 2.75) is 32.2 Å². The minimum Gasteiger partial charge on any atom is -0.357 e. The van der Waals surface area contributed by atoms with Crippen molar-refractivity contribution in [2.24, 2.45) is 18.0 Å². The molecule has 2 aromatic rings. The van der Waals surface area contributed by atoms with Crippen LogP contribution in [0.25, 0.3) is 0 Å². The van der Waals surface area contributed by atoms with Crippen LogP contribution >= 0.6 is 11.3 Å². The number of hydrogen-bond donors (Lipinski definition) is 2. The Balaban J connectivity index is 1.58. The third-order valence-corrected chi connectivity index (χ3v) is 6.08. The number of thiophene rings is 1. The van der Waals surface area contributed by atoms with E-state index in [1.54, 1.807) is 0 Å². The van der Waals surface area contributed by atoms with E-state index in [1.807, 2.05) is 29.3 Å². The van der Waals surface area contributed by atoms with Gasteiger partial charge in [-0.3, -0.25) is 14.6 Å². The van der Waals surface area contributed by atoms with Crippen LogP contribution in [0.2, 0.25) is 0 Å². The van der Waals surface area contributed by atoms with Gasteiger partial charge in [0, 0.05) is 43.8 Å². The maximum atomic E-state index is 4.92. The smallest absolute Gasteiger partial charge is 0.191 e. The Labute approximate surface area is 166 Å². The minimum absolute atomic E-state index is 0.487. The molecule has 0 saturated carbocycles. The molecule has 3 rings (SSSR count). The van der Waals surface area contributed by atoms with Crippen molar-refractivity contribution < 1.29 is 0 Å². The monoisotopic (exact) mass is 388 g/mol. The third-order valence-electron chi connectivity index (χ3n) is 5.13. The van der Waals surface area contributed by atoms with Crippen LogP contribution in [-0.2, 0) is 13.5 Å². The summed E-state index contributed by atoms with van der Waals surface area (Å²) in [4.78, 5) is 8.88. The second-order valence-electron chi connectivity index (χ2n) is 7.26. The highest BCUT2D eigenvalue weighted by Crippen LogP contribution is 2.37. The molecule has 7 heteroatoms. The van der Waals surface area contributed by atoms with Crippen LogP contribution in [-0.4, -0.2) is 53.9 Å². The van der Waals surface area contributed by atoms with Gasteiger partial charge in [-0.05, 0) is 62.7 Å². The van der Waals surface area contributed by atoms with E-state index < -0.39 is 0 Å². The zero-order chi connectivity index (χ0) is 19.1. The minimum atomic E-state index is 0.487. The van der Waals surface area contributed by atoms with Crippen LogP contribution in [0, 0.1) is 5.92 Å². The van der Waals surface area contributed by atoms with Gasteiger partial charge in [-0.25, -0.2) is 0 Å². The van der Waals surface area contributed by atoms with Gasteiger partial charge in [0.05, 0.1) is 6.20 Å². The Morgan fingerprint density at radius 1 is 1.37 bits per heavy atom. The van der Waals surface area contributed by atoms with Gasteiger partial charge in [-0.1, -0.05) is 6.07 Å². The molecule has 27 heavy (non-hydrogen) atoms. The number of aliphatic imine (C=N–C) groups is 1. The van der Waals surface area contributed by atoms with E-state index in [-0.39, 0.29) is 0 Å². The highest BCUT2D eigenvalue weighted by Gasteiger charge is 2.31. The first-order valence-electron chi connectivity index (χ1n) is 9.90. The van der Waals surface area contributed by atoms with Gasteiger partial charge in [0.15, 0.2) is 5.96 Å². The van der Waals surface area contributed by atoms with Crippen LogP contribution in [0.15, 0.2) is 34.9 Å². The van der Waals surface area contributed by atoms with Gasteiger partial charge in [0.25, 0.3) is 0 Å². The molecule has 0 aliphatic carbocycles. The lowest BCUT2D eigenvalue weighted by Crippen LogP contribution is -2.40. The quantitative estimate of drug-likeness (QED) is 0.566. The predicted molar refractivity (Wildman–Crippen MR) is 113 cm³/mol. The molecule has 0 amide bonds. The topological polar surface area (TPSA) is 57.5 Å². The average Bonchev–Trinajstić information content (AvgIpc) is 3.31. The van der Waals surface area contributed by atoms with E-state index in [0.29, 0.717) is 12.0 Å². The van der Waals surface area contributed by atoms with Gasteiger partial charge < -0.3 is 10.6 Å². The predicted octanol–water partition coefficient (Wildman–Crippen LogP) is 2.66. The maximum absolute atomic E-state index is 4.92. The van der Waals surface area contributed by atoms with Crippen LogP contribution in [0.5, 0.6) is 0 Å². The molecule has 1 fully saturated rings. The van der Waals surface area contributed by atoms with E-state index in [1.165, 1.54) is 29.8 Å². The number of nitrogens with zero attached hydrogens (tertiary/aromatic N) is 4. The first-order chi connectivity index (χ1) is 13.2. The van der Waals surface area contributed by atoms with Gasteiger partial charge in [-0.15, -0.1) is 11.3 Å². The number of rotatable bonds is 7. The highest BCUT2D eigenvalue weighted by atomic mass is 32.1. The number of hydrogen-bond acceptors (Lipinski definition) is 4. The molecule has 0 spiro atoms. The van der Waals surface area contributed by atoms with E-state index in [9.17, 15) is 0 Å². The summed E-state index contributed by atoms with van der Waals surface area (Å²) in [5, 5.41) is 13.3. The molecule has 2 atom stereocenters. The molecule has 2 N–H and O–H groups in total. The molecule has 6 nitrogen and oxygen atoms in total. The molecule has 1 aliphatic heterocycles. The number of likely N-dealkylation sites (tertiary alicyclic amines) is 1. The molecule has 0 radical (unpaired) electrons. The van der Waals surface area contributed by atoms with Crippen molar-refractivity contribution in [3.05, 3.63) is 40.3 Å². The zero-order valence-corrected chi connectivity index (χ0v) is 17.5. The van der Waals surface area contributed by atoms with Crippen LogP contribution < -0.4 is 10.6 Å². The number of piperidine rings is 1. The van der Waals surface area contributed by atoms with Crippen molar-refractivity contribution in [3.63, 3.8) is 0 Å². The van der Waals surface area contributed by atoms with Crippen molar-refractivity contribution in [1.29, 1.82) is 0 Å². The van der Waals surface area contributed by atoms with Gasteiger partial charge in [-0.2, -0.15) is 5.10 Å². The lowest BCUT2D eigenvalue weighted by atomic mass is 9.88. The summed E-state index contributed by atoms with van der Waals surface area (Å²) >= 11 is 1.87. The second-order valence-corrected chi connectivity index (χ2v) is 8.24. The normalized spacial score (nSPS) is 21.4. The SMILES string of the molecule is CCNC(=NCC1CCCN(C)C1c1cccs1)NCCc1cnn(C)c1. The maximum Gasteiger partial charge on any atom is 0.191 e. The van der Waals surface area contributed by atoms with Crippen LogP contribution in [0.1, 0.15) is 36.2 Å². The number of aryl methyl sites for hydroxylation is 1. The van der Waals surface area contributed by atoms with Crippen LogP contribution in [0.3, 0.4) is 0 Å². The van der Waals surface area contributed by atoms with Crippen molar-refractivity contribution in [1.82, 2.24) is 25.3 Å². The fraction of sp³-hybridized carbons (Fsp3) is 0.600. The molecule has 148 valence electrons. The lowest BCUT2D eigenvalue weighted by molar-refractivity contribution is 0.128. The molecule has 0 bridgehead atoms. The highest BCUT2D eigenvalue weighted by molar-refractivity contribution is 7.10. The summed E-state index contributed by atoms with van der Waals surface area (Å²) in [5.41, 5.74) is 1.24. The number of nitrogens with one attached hydrogen (secondary N) is 2. The molecule has 2 aromatic heterocycles. The summed E-state index contributed by atoms with van der Waals surface area (Å²) in [5.74, 6) is 1.48. The Morgan fingerprint density at radius 2 is 2.26 bits per heavy atom. The number of guanidine groups is 1. The van der Waals surface area contributed by atoms with E-state index in [4.69, 9.17) is 4.99 Å². The molecule has 1 aliphatic rings. The summed E-state index contributed by atoms with van der Waals surface area (Å²) in [7, 11) is 4.20. The molecule has 0 aromatic carbocycles. The first kappa shape index (κ1) is 19.9. The summed E-state index contributed by atoms with van der Waals surface area (Å²) in [6.45, 7) is 5.87. The van der Waals surface area contributed by atoms with Gasteiger partial charge in [0.2, 0.25) is 0 Å². The van der Waals surface area contributed by atoms with E-state index in [0.717, 1.165) is 32.0 Å². The van der Waals surface area contributed by atoms with Crippen LogP contribution in [0.4, 0.5) is 0 Å². The lowest BCUT2D eigenvalue weighted by Gasteiger charge is -2.38. The Hall–Kier alpha value is -1.86. The standard InChI is InChI=1S/C20H32N6S/c1-4-21-20(22-10-9-16-13-24-26(3)15-16)23-14-17-7-5-11-25(2)19(17)18-8-6-12-27-18/h6,8,12-13,15,17,19H,4-5,7,9-11,14H2,1-3H3,(H2,21,22,23). The zero-order valence-electron chi connectivity index (χ0n) is 16.7. The van der Waals surface area contributed by atoms with E-state index in [2.05, 4.69) is 58.3 Å². The fourth-order valence-corrected chi connectivity index (χ4v) is 4.82. The first-order valence-corrected chi connectivity index (χ1v) is 10.8. The van der Waals surface area contributed by atoms with Gasteiger partial charge >= 0.3 is 0 Å². The Kier molecular flexibility index (Phi) is 7.29. The van der Waals surface area contributed by atoms with Gasteiger partial charge in [0.1, 0.15) is 0 Å². The van der Waals surface area contributed by atoms with Crippen molar-refractivity contribution in [3.8, 4) is 0 Å². The Bertz CT molecular complexity index is 708. The summed E-state index contributed by atoms with van der Waals surface area (Å²) in [6.07, 6.45) is 7.43. The summed E-state index contributed by atoms with van der Waals surface area (Å²) < 4.78 is 1.85. The second kappa shape index (κ2) is 9.90.